The lowest BCUT2D eigenvalue weighted by Crippen LogP contribution is -1.96. The average Bonchev–Trinajstić information content (AvgIpc) is 3.79. The Labute approximate surface area is 267 Å². The van der Waals surface area contributed by atoms with Gasteiger partial charge in [-0.25, -0.2) is 9.97 Å². The van der Waals surface area contributed by atoms with Crippen LogP contribution in [-0.2, 0) is 0 Å². The molecule has 0 atom stereocenters. The molecule has 6 heteroatoms. The fraction of sp³-hybridized carbons (Fsp3) is 0. The molecule has 0 bridgehead atoms. The quantitative estimate of drug-likeness (QED) is 0.186. The van der Waals surface area contributed by atoms with Crippen molar-refractivity contribution in [1.82, 2.24) is 28.5 Å². The van der Waals surface area contributed by atoms with Gasteiger partial charge in [0, 0.05) is 56.1 Å². The summed E-state index contributed by atoms with van der Waals surface area (Å²) in [6, 6.07) is 45.5. The lowest BCUT2D eigenvalue weighted by Gasteiger charge is -2.11. The Morgan fingerprint density at radius 3 is 1.98 bits per heavy atom. The first-order valence-corrected chi connectivity index (χ1v) is 15.8. The van der Waals surface area contributed by atoms with Crippen LogP contribution in [-0.4, -0.2) is 28.5 Å². The molecule has 0 aliphatic rings. The molecule has 0 unspecified atom stereocenters. The molecule has 6 heterocycles. The van der Waals surface area contributed by atoms with Crippen molar-refractivity contribution in [3.05, 3.63) is 146 Å². The smallest absolute Gasteiger partial charge is 0.165 e. The number of benzene rings is 5. The zero-order valence-electron chi connectivity index (χ0n) is 25.0. The Hall–Kier alpha value is -6.53. The maximum absolute atomic E-state index is 5.25. The van der Waals surface area contributed by atoms with Gasteiger partial charge in [0.15, 0.2) is 5.65 Å². The van der Waals surface area contributed by atoms with E-state index in [1.807, 2.05) is 30.7 Å². The molecular weight excluding hydrogens is 576 g/mol. The van der Waals surface area contributed by atoms with Gasteiger partial charge in [-0.2, -0.15) is 0 Å². The first kappa shape index (κ1) is 24.8. The van der Waals surface area contributed by atoms with Gasteiger partial charge in [0.1, 0.15) is 11.2 Å². The van der Waals surface area contributed by atoms with Gasteiger partial charge in [0.2, 0.25) is 0 Å². The predicted molar refractivity (Wildman–Crippen MR) is 192 cm³/mol. The molecule has 0 saturated heterocycles. The standard InChI is InChI=1S/C41H24N6/c1-3-10-25(11-4-1)45-33-16-8-7-14-27(33)30-22-31-36(23-35(30)45)46(26-12-5-2-6-13-26)34-18-17-29-28-19-21-42-24-37(28)47-40-32(15-9-20-43-40)44-41(47)39(29)38(31)34/h1-24H. The molecule has 6 nitrogen and oxygen atoms in total. The molecule has 6 aromatic heterocycles. The Morgan fingerprint density at radius 1 is 0.426 bits per heavy atom. The van der Waals surface area contributed by atoms with Crippen LogP contribution in [0.5, 0.6) is 0 Å². The summed E-state index contributed by atoms with van der Waals surface area (Å²) in [4.78, 5) is 14.6. The minimum atomic E-state index is 0.833. The second kappa shape index (κ2) is 9.02. The van der Waals surface area contributed by atoms with Gasteiger partial charge in [-0.1, -0.05) is 60.7 Å². The predicted octanol–water partition coefficient (Wildman–Crippen LogP) is 9.78. The fourth-order valence-corrected chi connectivity index (χ4v) is 7.84. The highest BCUT2D eigenvalue weighted by Gasteiger charge is 2.23. The number of para-hydroxylation sites is 3. The van der Waals surface area contributed by atoms with E-state index in [1.165, 1.54) is 32.6 Å². The van der Waals surface area contributed by atoms with E-state index in [1.54, 1.807) is 0 Å². The molecule has 0 amide bonds. The molecule has 218 valence electrons. The molecular formula is C41H24N6. The molecule has 0 spiro atoms. The lowest BCUT2D eigenvalue weighted by atomic mass is 10.0. The van der Waals surface area contributed by atoms with Crippen LogP contribution in [0.2, 0.25) is 0 Å². The minimum absolute atomic E-state index is 0.833. The second-order valence-corrected chi connectivity index (χ2v) is 12.1. The monoisotopic (exact) mass is 600 g/mol. The highest BCUT2D eigenvalue weighted by molar-refractivity contribution is 6.31. The maximum atomic E-state index is 5.25. The summed E-state index contributed by atoms with van der Waals surface area (Å²) in [6.07, 6.45) is 5.64. The van der Waals surface area contributed by atoms with Gasteiger partial charge >= 0.3 is 0 Å². The van der Waals surface area contributed by atoms with Gasteiger partial charge in [-0.05, 0) is 72.1 Å². The molecule has 0 N–H and O–H groups in total. The minimum Gasteiger partial charge on any atom is -0.309 e. The van der Waals surface area contributed by atoms with Crippen LogP contribution in [0.15, 0.2) is 146 Å². The summed E-state index contributed by atoms with van der Waals surface area (Å²) in [6.45, 7) is 0. The third-order valence-electron chi connectivity index (χ3n) is 9.72. The SMILES string of the molecule is c1ccc(-n2c3ccccc3c3cc4c5c6c(ccc5n(-c5ccccc5)c4cc32)c2ccncc2n2c3ncccc3nc62)cc1. The Morgan fingerprint density at radius 2 is 1.15 bits per heavy atom. The number of imidazole rings is 1. The van der Waals surface area contributed by atoms with Crippen molar-refractivity contribution < 1.29 is 0 Å². The maximum Gasteiger partial charge on any atom is 0.165 e. The van der Waals surface area contributed by atoms with Crippen molar-refractivity contribution in [3.8, 4) is 11.4 Å². The number of hydrogen-bond donors (Lipinski definition) is 0. The molecule has 0 aliphatic carbocycles. The Bertz CT molecular complexity index is 3060. The van der Waals surface area contributed by atoms with Crippen molar-refractivity contribution in [2.24, 2.45) is 0 Å². The van der Waals surface area contributed by atoms with E-state index in [9.17, 15) is 0 Å². The largest absolute Gasteiger partial charge is 0.309 e. The van der Waals surface area contributed by atoms with Crippen LogP contribution in [0.1, 0.15) is 0 Å². The molecule has 47 heavy (non-hydrogen) atoms. The highest BCUT2D eigenvalue weighted by atomic mass is 15.1. The third-order valence-corrected chi connectivity index (χ3v) is 9.72. The highest BCUT2D eigenvalue weighted by Crippen LogP contribution is 2.44. The number of hydrogen-bond acceptors (Lipinski definition) is 3. The molecule has 0 aliphatic heterocycles. The van der Waals surface area contributed by atoms with E-state index in [4.69, 9.17) is 9.97 Å². The second-order valence-electron chi connectivity index (χ2n) is 12.1. The van der Waals surface area contributed by atoms with Crippen LogP contribution in [0.25, 0.3) is 93.5 Å². The van der Waals surface area contributed by atoms with E-state index in [2.05, 4.69) is 134 Å². The van der Waals surface area contributed by atoms with Crippen molar-refractivity contribution >= 4 is 82.1 Å². The van der Waals surface area contributed by atoms with Crippen LogP contribution in [0, 0.1) is 0 Å². The molecule has 5 aromatic carbocycles. The molecule has 11 aromatic rings. The van der Waals surface area contributed by atoms with Gasteiger partial charge in [0.05, 0.1) is 33.8 Å². The summed E-state index contributed by atoms with van der Waals surface area (Å²) >= 11 is 0. The summed E-state index contributed by atoms with van der Waals surface area (Å²) in [7, 11) is 0. The van der Waals surface area contributed by atoms with Crippen molar-refractivity contribution in [2.45, 2.75) is 0 Å². The molecule has 11 rings (SSSR count). The van der Waals surface area contributed by atoms with E-state index in [-0.39, 0.29) is 0 Å². The number of fused-ring (bicyclic) bond motifs is 15. The third kappa shape index (κ3) is 3.21. The molecule has 0 saturated carbocycles. The molecule has 0 fully saturated rings. The van der Waals surface area contributed by atoms with Gasteiger partial charge < -0.3 is 9.13 Å². The van der Waals surface area contributed by atoms with E-state index in [0.717, 1.165) is 60.9 Å². The van der Waals surface area contributed by atoms with Crippen LogP contribution < -0.4 is 0 Å². The van der Waals surface area contributed by atoms with Crippen molar-refractivity contribution in [3.63, 3.8) is 0 Å². The molecule has 0 radical (unpaired) electrons. The number of rotatable bonds is 2. The summed E-state index contributed by atoms with van der Waals surface area (Å²) in [5, 5.41) is 8.20. The van der Waals surface area contributed by atoms with E-state index < -0.39 is 0 Å². The first-order valence-electron chi connectivity index (χ1n) is 15.8. The van der Waals surface area contributed by atoms with Crippen LogP contribution >= 0.6 is 0 Å². The van der Waals surface area contributed by atoms with Crippen molar-refractivity contribution in [1.29, 1.82) is 0 Å². The topological polar surface area (TPSA) is 52.9 Å². The Balaban J connectivity index is 1.43. The first-order chi connectivity index (χ1) is 23.3. The zero-order chi connectivity index (χ0) is 30.6. The summed E-state index contributed by atoms with van der Waals surface area (Å²) in [5.74, 6) is 0. The van der Waals surface area contributed by atoms with Gasteiger partial charge in [-0.15, -0.1) is 0 Å². The summed E-state index contributed by atoms with van der Waals surface area (Å²) < 4.78 is 6.98. The van der Waals surface area contributed by atoms with Gasteiger partial charge in [-0.3, -0.25) is 9.38 Å². The van der Waals surface area contributed by atoms with Gasteiger partial charge in [0.25, 0.3) is 0 Å². The van der Waals surface area contributed by atoms with Crippen molar-refractivity contribution in [2.75, 3.05) is 0 Å². The lowest BCUT2D eigenvalue weighted by molar-refractivity contribution is 1.16. The average molecular weight is 601 g/mol. The van der Waals surface area contributed by atoms with E-state index >= 15 is 0 Å². The summed E-state index contributed by atoms with van der Waals surface area (Å²) in [5.41, 5.74) is 10.5. The zero-order valence-corrected chi connectivity index (χ0v) is 25.0. The number of nitrogens with zero attached hydrogens (tertiary/aromatic N) is 6. The Kier molecular flexibility index (Phi) is 4.75. The normalized spacial score (nSPS) is 12.3. The van der Waals surface area contributed by atoms with E-state index in [0.29, 0.717) is 0 Å². The number of pyridine rings is 3. The number of aromatic nitrogens is 6. The van der Waals surface area contributed by atoms with Crippen LogP contribution in [0.3, 0.4) is 0 Å². The fourth-order valence-electron chi connectivity index (χ4n) is 7.84. The van der Waals surface area contributed by atoms with Crippen LogP contribution in [0.4, 0.5) is 0 Å².